The van der Waals surface area contributed by atoms with E-state index in [9.17, 15) is 14.0 Å². The summed E-state index contributed by atoms with van der Waals surface area (Å²) in [6.07, 6.45) is 1.67. The molecule has 35 heavy (non-hydrogen) atoms. The fourth-order valence-electron chi connectivity index (χ4n) is 3.40. The van der Waals surface area contributed by atoms with E-state index in [1.54, 1.807) is 42.5 Å². The summed E-state index contributed by atoms with van der Waals surface area (Å²) in [6.45, 7) is 2.64. The molecule has 4 rings (SSSR count). The normalized spacial score (nSPS) is 14.6. The summed E-state index contributed by atoms with van der Waals surface area (Å²) < 4.78 is 25.7. The maximum atomic E-state index is 13.2. The van der Waals surface area contributed by atoms with E-state index < -0.39 is 0 Å². The van der Waals surface area contributed by atoms with E-state index in [-0.39, 0.29) is 30.1 Å². The summed E-state index contributed by atoms with van der Waals surface area (Å²) in [5.41, 5.74) is 2.23. The van der Waals surface area contributed by atoms with Crippen LogP contribution in [0, 0.1) is 9.39 Å². The highest BCUT2D eigenvalue weighted by atomic mass is 127. The molecule has 0 atom stereocenters. The third-order valence-corrected chi connectivity index (χ3v) is 7.16. The summed E-state index contributed by atoms with van der Waals surface area (Å²) in [6, 6.07) is 16.8. The van der Waals surface area contributed by atoms with Crippen LogP contribution < -0.4 is 9.47 Å². The Kier molecular flexibility index (Phi) is 8.35. The number of rotatable bonds is 8. The van der Waals surface area contributed by atoms with Crippen LogP contribution in [0.4, 0.5) is 9.18 Å². The van der Waals surface area contributed by atoms with Gasteiger partial charge in [0, 0.05) is 5.02 Å². The van der Waals surface area contributed by atoms with Crippen molar-refractivity contribution in [2.75, 3.05) is 6.61 Å². The SMILES string of the molecule is CCOc1cc(/C=C2\SC(=O)N(Cc3ccccc3Cl)C2=O)cc(I)c1OCc1ccc(F)cc1. The Morgan fingerprint density at radius 2 is 1.83 bits per heavy atom. The molecule has 5 nitrogen and oxygen atoms in total. The first-order chi connectivity index (χ1) is 16.9. The van der Waals surface area contributed by atoms with E-state index in [4.69, 9.17) is 21.1 Å². The quantitative estimate of drug-likeness (QED) is 0.195. The van der Waals surface area contributed by atoms with Gasteiger partial charge in [0.25, 0.3) is 11.1 Å². The van der Waals surface area contributed by atoms with E-state index in [0.29, 0.717) is 39.2 Å². The Morgan fingerprint density at radius 1 is 1.09 bits per heavy atom. The number of amides is 2. The van der Waals surface area contributed by atoms with Gasteiger partial charge in [-0.2, -0.15) is 0 Å². The lowest BCUT2D eigenvalue weighted by Gasteiger charge is -2.15. The van der Waals surface area contributed by atoms with Gasteiger partial charge in [-0.3, -0.25) is 14.5 Å². The zero-order chi connectivity index (χ0) is 24.9. The molecule has 1 saturated heterocycles. The summed E-state index contributed by atoms with van der Waals surface area (Å²) >= 11 is 9.23. The van der Waals surface area contributed by atoms with Crippen molar-refractivity contribution in [3.63, 3.8) is 0 Å². The third-order valence-electron chi connectivity index (χ3n) is 5.09. The van der Waals surface area contributed by atoms with Gasteiger partial charge < -0.3 is 9.47 Å². The second-order valence-corrected chi connectivity index (χ2v) is 10.1. The van der Waals surface area contributed by atoms with Gasteiger partial charge in [0.2, 0.25) is 0 Å². The number of carbonyl (C=O) groups excluding carboxylic acids is 2. The van der Waals surface area contributed by atoms with Crippen LogP contribution in [0.1, 0.15) is 23.6 Å². The summed E-state index contributed by atoms with van der Waals surface area (Å²) in [5.74, 6) is 0.396. The van der Waals surface area contributed by atoms with Crippen molar-refractivity contribution in [1.29, 1.82) is 0 Å². The molecule has 1 aliphatic heterocycles. The van der Waals surface area contributed by atoms with Gasteiger partial charge in [-0.1, -0.05) is 41.9 Å². The predicted molar refractivity (Wildman–Crippen MR) is 144 cm³/mol. The smallest absolute Gasteiger partial charge is 0.293 e. The molecule has 2 amide bonds. The molecule has 0 aromatic heterocycles. The molecule has 1 heterocycles. The van der Waals surface area contributed by atoms with Gasteiger partial charge in [-0.05, 0) is 94.4 Å². The predicted octanol–water partition coefficient (Wildman–Crippen LogP) is 7.30. The van der Waals surface area contributed by atoms with Crippen LogP contribution in [-0.2, 0) is 17.9 Å². The number of nitrogens with zero attached hydrogens (tertiary/aromatic N) is 1. The molecule has 9 heteroatoms. The van der Waals surface area contributed by atoms with Crippen molar-refractivity contribution < 1.29 is 23.5 Å². The number of carbonyl (C=O) groups is 2. The van der Waals surface area contributed by atoms with Crippen LogP contribution >= 0.6 is 46.0 Å². The van der Waals surface area contributed by atoms with Crippen LogP contribution in [0.5, 0.6) is 11.5 Å². The van der Waals surface area contributed by atoms with Crippen LogP contribution in [0.2, 0.25) is 5.02 Å². The first kappa shape index (κ1) is 25.5. The fraction of sp³-hybridized carbons (Fsp3) is 0.154. The zero-order valence-corrected chi connectivity index (χ0v) is 22.3. The number of imide groups is 1. The van der Waals surface area contributed by atoms with Crippen LogP contribution in [0.25, 0.3) is 6.08 Å². The maximum absolute atomic E-state index is 13.2. The monoisotopic (exact) mass is 623 g/mol. The van der Waals surface area contributed by atoms with Crippen molar-refractivity contribution >= 4 is 63.2 Å². The second kappa shape index (κ2) is 11.5. The van der Waals surface area contributed by atoms with E-state index in [1.807, 2.05) is 19.1 Å². The molecular weight excluding hydrogens is 604 g/mol. The van der Waals surface area contributed by atoms with Crippen molar-refractivity contribution in [3.05, 3.63) is 96.7 Å². The van der Waals surface area contributed by atoms with Crippen molar-refractivity contribution in [2.45, 2.75) is 20.1 Å². The molecule has 0 unspecified atom stereocenters. The van der Waals surface area contributed by atoms with Gasteiger partial charge in [0.05, 0.1) is 21.6 Å². The summed E-state index contributed by atoms with van der Waals surface area (Å²) in [4.78, 5) is 27.0. The molecule has 1 fully saturated rings. The van der Waals surface area contributed by atoms with Gasteiger partial charge in [0.15, 0.2) is 11.5 Å². The number of thioether (sulfide) groups is 1. The maximum Gasteiger partial charge on any atom is 0.293 e. The molecule has 0 bridgehead atoms. The lowest BCUT2D eigenvalue weighted by molar-refractivity contribution is -0.123. The van der Waals surface area contributed by atoms with Gasteiger partial charge in [-0.25, -0.2) is 4.39 Å². The first-order valence-corrected chi connectivity index (χ1v) is 13.0. The Labute approximate surface area is 225 Å². The molecular formula is C26H20ClFINO4S. The molecule has 0 spiro atoms. The van der Waals surface area contributed by atoms with E-state index in [0.717, 1.165) is 20.9 Å². The van der Waals surface area contributed by atoms with Crippen LogP contribution in [0.15, 0.2) is 65.6 Å². The second-order valence-electron chi connectivity index (χ2n) is 7.54. The largest absolute Gasteiger partial charge is 0.490 e. The molecule has 0 radical (unpaired) electrons. The molecule has 3 aromatic rings. The molecule has 0 N–H and O–H groups in total. The fourth-order valence-corrected chi connectivity index (χ4v) is 5.21. The van der Waals surface area contributed by atoms with Gasteiger partial charge >= 0.3 is 0 Å². The number of hydrogen-bond donors (Lipinski definition) is 0. The topological polar surface area (TPSA) is 55.8 Å². The Morgan fingerprint density at radius 3 is 2.54 bits per heavy atom. The Bertz CT molecular complexity index is 1300. The minimum atomic E-state index is -0.371. The van der Waals surface area contributed by atoms with Crippen molar-refractivity contribution in [1.82, 2.24) is 4.90 Å². The third kappa shape index (κ3) is 6.17. The molecule has 3 aromatic carbocycles. The summed E-state index contributed by atoms with van der Waals surface area (Å²) in [5, 5.41) is 0.155. The van der Waals surface area contributed by atoms with Crippen LogP contribution in [0.3, 0.4) is 0 Å². The Balaban J connectivity index is 1.55. The highest BCUT2D eigenvalue weighted by molar-refractivity contribution is 14.1. The minimum absolute atomic E-state index is 0.111. The highest BCUT2D eigenvalue weighted by Gasteiger charge is 2.35. The molecule has 180 valence electrons. The standard InChI is InChI=1S/C26H20ClFINO4S/c1-2-33-22-12-17(11-21(29)24(22)34-15-16-7-9-19(28)10-8-16)13-23-25(31)30(26(32)35-23)14-18-5-3-4-6-20(18)27/h3-13H,2,14-15H2,1H3/b23-13-. The minimum Gasteiger partial charge on any atom is -0.490 e. The van der Waals surface area contributed by atoms with E-state index >= 15 is 0 Å². The highest BCUT2D eigenvalue weighted by Crippen LogP contribution is 2.38. The van der Waals surface area contributed by atoms with Gasteiger partial charge in [-0.15, -0.1) is 0 Å². The summed E-state index contributed by atoms with van der Waals surface area (Å²) in [7, 11) is 0. The average molecular weight is 624 g/mol. The molecule has 0 saturated carbocycles. The zero-order valence-electron chi connectivity index (χ0n) is 18.6. The first-order valence-electron chi connectivity index (χ1n) is 10.7. The lowest BCUT2D eigenvalue weighted by atomic mass is 10.1. The number of ether oxygens (including phenoxy) is 2. The van der Waals surface area contributed by atoms with E-state index in [2.05, 4.69) is 22.6 Å². The van der Waals surface area contributed by atoms with Crippen molar-refractivity contribution in [3.8, 4) is 11.5 Å². The molecule has 1 aliphatic rings. The Hall–Kier alpha value is -2.56. The number of benzene rings is 3. The lowest BCUT2D eigenvalue weighted by Crippen LogP contribution is -2.27. The number of hydrogen-bond acceptors (Lipinski definition) is 5. The van der Waals surface area contributed by atoms with E-state index in [1.165, 1.54) is 17.0 Å². The van der Waals surface area contributed by atoms with Gasteiger partial charge in [0.1, 0.15) is 12.4 Å². The number of halogens is 3. The average Bonchev–Trinajstić information content (AvgIpc) is 3.08. The van der Waals surface area contributed by atoms with Crippen LogP contribution in [-0.4, -0.2) is 22.7 Å². The molecule has 0 aliphatic carbocycles. The van der Waals surface area contributed by atoms with Crippen molar-refractivity contribution in [2.24, 2.45) is 0 Å².